The normalized spacial score (nSPS) is 25.6. The van der Waals surface area contributed by atoms with Crippen LogP contribution in [0.2, 0.25) is 0 Å². The van der Waals surface area contributed by atoms with Crippen molar-refractivity contribution in [2.24, 2.45) is 5.92 Å². The van der Waals surface area contributed by atoms with E-state index in [1.54, 1.807) is 24.3 Å². The van der Waals surface area contributed by atoms with Gasteiger partial charge in [0.05, 0.1) is 32.0 Å². The zero-order valence-corrected chi connectivity index (χ0v) is 14.5. The van der Waals surface area contributed by atoms with Crippen LogP contribution in [-0.2, 0) is 11.3 Å². The highest BCUT2D eigenvalue weighted by Crippen LogP contribution is 2.38. The summed E-state index contributed by atoms with van der Waals surface area (Å²) in [5.41, 5.74) is 1.04. The van der Waals surface area contributed by atoms with Crippen molar-refractivity contribution < 1.29 is 18.7 Å². The Labute approximate surface area is 151 Å². The number of carbonyl (C=O) groups excluding carboxylic acids is 2. The molecule has 0 radical (unpaired) electrons. The van der Waals surface area contributed by atoms with Crippen LogP contribution < -0.4 is 15.4 Å². The molecule has 0 spiro atoms. The minimum atomic E-state index is -0.397. The topological polar surface area (TPSA) is 83.8 Å². The number of nitrogens with one attached hydrogen (secondary N) is 2. The summed E-state index contributed by atoms with van der Waals surface area (Å²) in [6, 6.07) is 11.0. The van der Waals surface area contributed by atoms with E-state index in [9.17, 15) is 9.59 Å². The Kier molecular flexibility index (Phi) is 4.38. The van der Waals surface area contributed by atoms with Gasteiger partial charge in [-0.2, -0.15) is 0 Å². The maximum atomic E-state index is 12.7. The lowest BCUT2D eigenvalue weighted by molar-refractivity contribution is -0.131. The molecule has 2 saturated heterocycles. The van der Waals surface area contributed by atoms with Gasteiger partial charge in [0.2, 0.25) is 5.91 Å². The van der Waals surface area contributed by atoms with E-state index in [1.807, 2.05) is 30.3 Å². The van der Waals surface area contributed by atoms with Crippen LogP contribution in [0.1, 0.15) is 23.7 Å². The standard InChI is InChI=1S/C19H21N3O4/c1-25-13-5-2-4-12(10-13)15-7-8-20-17-16(15)18(23)21-19(24)22(17)11-14-6-3-9-26-14/h2-6,9-10,15-17,20H,7-8,11H2,1H3,(H,21,23,24). The first kappa shape index (κ1) is 16.7. The number of rotatable bonds is 4. The lowest BCUT2D eigenvalue weighted by Crippen LogP contribution is -2.67. The fraction of sp³-hybridized carbons (Fsp3) is 0.368. The summed E-state index contributed by atoms with van der Waals surface area (Å²) in [6.07, 6.45) is 2.02. The molecule has 3 atom stereocenters. The minimum Gasteiger partial charge on any atom is -0.497 e. The average molecular weight is 355 g/mol. The minimum absolute atomic E-state index is 0.00329. The van der Waals surface area contributed by atoms with E-state index in [4.69, 9.17) is 9.15 Å². The van der Waals surface area contributed by atoms with Gasteiger partial charge in [-0.25, -0.2) is 4.79 Å². The van der Waals surface area contributed by atoms with Gasteiger partial charge in [0, 0.05) is 5.92 Å². The van der Waals surface area contributed by atoms with Gasteiger partial charge in [-0.1, -0.05) is 12.1 Å². The van der Waals surface area contributed by atoms with Gasteiger partial charge in [-0.15, -0.1) is 0 Å². The molecule has 7 heteroatoms. The van der Waals surface area contributed by atoms with Crippen molar-refractivity contribution in [2.75, 3.05) is 13.7 Å². The van der Waals surface area contributed by atoms with Gasteiger partial charge in [-0.3, -0.25) is 15.4 Å². The highest BCUT2D eigenvalue weighted by atomic mass is 16.5. The summed E-state index contributed by atoms with van der Waals surface area (Å²) in [7, 11) is 1.63. The van der Waals surface area contributed by atoms with E-state index in [2.05, 4.69) is 10.6 Å². The number of piperidine rings is 1. The van der Waals surface area contributed by atoms with E-state index >= 15 is 0 Å². The Bertz CT molecular complexity index is 805. The molecular formula is C19H21N3O4. The summed E-state index contributed by atoms with van der Waals surface area (Å²) in [5, 5.41) is 5.85. The second kappa shape index (κ2) is 6.84. The predicted octanol–water partition coefficient (Wildman–Crippen LogP) is 2.06. The molecule has 0 bridgehead atoms. The van der Waals surface area contributed by atoms with Gasteiger partial charge < -0.3 is 14.1 Å². The van der Waals surface area contributed by atoms with Crippen molar-refractivity contribution >= 4 is 11.9 Å². The van der Waals surface area contributed by atoms with Crippen LogP contribution in [0.3, 0.4) is 0 Å². The smallest absolute Gasteiger partial charge is 0.325 e. The number of carbonyl (C=O) groups is 2. The zero-order valence-electron chi connectivity index (χ0n) is 14.5. The number of ether oxygens (including phenoxy) is 1. The molecule has 26 heavy (non-hydrogen) atoms. The summed E-state index contributed by atoms with van der Waals surface area (Å²) in [5.74, 6) is 0.832. The van der Waals surface area contributed by atoms with Gasteiger partial charge in [0.15, 0.2) is 0 Å². The van der Waals surface area contributed by atoms with Gasteiger partial charge in [-0.05, 0) is 42.8 Å². The van der Waals surface area contributed by atoms with E-state index in [0.717, 1.165) is 24.3 Å². The monoisotopic (exact) mass is 355 g/mol. The molecule has 1 aromatic carbocycles. The highest BCUT2D eigenvalue weighted by molar-refractivity contribution is 5.99. The Morgan fingerprint density at radius 3 is 2.92 bits per heavy atom. The molecule has 3 unspecified atom stereocenters. The summed E-state index contributed by atoms with van der Waals surface area (Å²) in [6.45, 7) is 1.03. The number of benzene rings is 1. The zero-order chi connectivity index (χ0) is 18.1. The second-order valence-electron chi connectivity index (χ2n) is 6.60. The number of furan rings is 1. The van der Waals surface area contributed by atoms with Crippen molar-refractivity contribution in [3.05, 3.63) is 54.0 Å². The molecule has 1 aromatic heterocycles. The van der Waals surface area contributed by atoms with Crippen molar-refractivity contribution in [1.82, 2.24) is 15.5 Å². The molecule has 4 rings (SSSR count). The molecule has 2 aliphatic rings. The number of hydrogen-bond donors (Lipinski definition) is 2. The first-order valence-corrected chi connectivity index (χ1v) is 8.68. The number of imide groups is 1. The number of amides is 3. The van der Waals surface area contributed by atoms with Crippen molar-refractivity contribution in [3.63, 3.8) is 0 Å². The van der Waals surface area contributed by atoms with Crippen LogP contribution in [-0.4, -0.2) is 36.7 Å². The van der Waals surface area contributed by atoms with Gasteiger partial charge in [0.1, 0.15) is 11.5 Å². The number of fused-ring (bicyclic) bond motifs is 1. The largest absolute Gasteiger partial charge is 0.497 e. The molecule has 2 aliphatic heterocycles. The van der Waals surface area contributed by atoms with Gasteiger partial charge >= 0.3 is 6.03 Å². The third-order valence-electron chi connectivity index (χ3n) is 5.14. The van der Waals surface area contributed by atoms with Crippen LogP contribution in [0.5, 0.6) is 5.75 Å². The summed E-state index contributed by atoms with van der Waals surface area (Å²) in [4.78, 5) is 26.7. The Morgan fingerprint density at radius 1 is 1.27 bits per heavy atom. The Morgan fingerprint density at radius 2 is 2.15 bits per heavy atom. The predicted molar refractivity (Wildman–Crippen MR) is 93.4 cm³/mol. The second-order valence-corrected chi connectivity index (χ2v) is 6.60. The third-order valence-corrected chi connectivity index (χ3v) is 5.14. The first-order valence-electron chi connectivity index (χ1n) is 8.68. The lowest BCUT2D eigenvalue weighted by Gasteiger charge is -2.46. The van der Waals surface area contributed by atoms with Crippen molar-refractivity contribution in [2.45, 2.75) is 25.0 Å². The SMILES string of the molecule is COc1cccc(C2CCNC3C2C(=O)NC(=O)N3Cc2ccco2)c1. The van der Waals surface area contributed by atoms with Crippen LogP contribution in [0.4, 0.5) is 4.79 Å². The van der Waals surface area contributed by atoms with Gasteiger partial charge in [0.25, 0.3) is 0 Å². The molecule has 7 nitrogen and oxygen atoms in total. The maximum Gasteiger partial charge on any atom is 0.325 e. The lowest BCUT2D eigenvalue weighted by atomic mass is 9.77. The first-order chi connectivity index (χ1) is 12.7. The molecule has 2 aromatic rings. The van der Waals surface area contributed by atoms with Crippen LogP contribution >= 0.6 is 0 Å². The van der Waals surface area contributed by atoms with E-state index in [1.165, 1.54) is 0 Å². The highest BCUT2D eigenvalue weighted by Gasteiger charge is 2.47. The number of methoxy groups -OCH3 is 1. The Hall–Kier alpha value is -2.80. The van der Waals surface area contributed by atoms with Crippen LogP contribution in [0.25, 0.3) is 0 Å². The fourth-order valence-electron chi connectivity index (χ4n) is 3.92. The van der Waals surface area contributed by atoms with E-state index in [-0.39, 0.29) is 23.9 Å². The van der Waals surface area contributed by atoms with Crippen molar-refractivity contribution in [3.8, 4) is 5.75 Å². The number of hydrogen-bond acceptors (Lipinski definition) is 5. The molecule has 2 N–H and O–H groups in total. The average Bonchev–Trinajstić information content (AvgIpc) is 3.18. The maximum absolute atomic E-state index is 12.7. The molecular weight excluding hydrogens is 334 g/mol. The summed E-state index contributed by atoms with van der Waals surface area (Å²) >= 11 is 0. The van der Waals surface area contributed by atoms with Crippen LogP contribution in [0.15, 0.2) is 47.1 Å². The Balaban J connectivity index is 1.65. The molecule has 2 fully saturated rings. The number of nitrogens with zero attached hydrogens (tertiary/aromatic N) is 1. The fourth-order valence-corrected chi connectivity index (χ4v) is 3.92. The van der Waals surface area contributed by atoms with E-state index < -0.39 is 6.03 Å². The molecule has 0 aliphatic carbocycles. The van der Waals surface area contributed by atoms with E-state index in [0.29, 0.717) is 12.3 Å². The molecule has 3 heterocycles. The molecule has 3 amide bonds. The number of urea groups is 1. The third kappa shape index (κ3) is 2.94. The summed E-state index contributed by atoms with van der Waals surface area (Å²) < 4.78 is 10.7. The molecule has 0 saturated carbocycles. The van der Waals surface area contributed by atoms with Crippen LogP contribution in [0, 0.1) is 5.92 Å². The quantitative estimate of drug-likeness (QED) is 0.877. The molecule has 136 valence electrons. The van der Waals surface area contributed by atoms with Crippen molar-refractivity contribution in [1.29, 1.82) is 0 Å².